The molecule has 1 aromatic heterocycles. The molecule has 1 N–H and O–H groups in total. The van der Waals surface area contributed by atoms with E-state index in [1.54, 1.807) is 7.11 Å². The van der Waals surface area contributed by atoms with E-state index in [0.717, 1.165) is 25.1 Å². The van der Waals surface area contributed by atoms with Gasteiger partial charge in [0.15, 0.2) is 0 Å². The topological polar surface area (TPSA) is 43.4 Å². The number of hydrogen-bond acceptors (Lipinski definition) is 4. The second-order valence-corrected chi connectivity index (χ2v) is 4.49. The largest absolute Gasteiger partial charge is 0.481 e. The summed E-state index contributed by atoms with van der Waals surface area (Å²) in [5.74, 6) is 0.654. The Hall–Kier alpha value is -1.13. The highest BCUT2D eigenvalue weighted by molar-refractivity contribution is 5.17. The number of hydrogen-bond donors (Lipinski definition) is 1. The van der Waals surface area contributed by atoms with Crippen LogP contribution in [0.1, 0.15) is 25.3 Å². The van der Waals surface area contributed by atoms with Crippen LogP contribution in [0, 0.1) is 0 Å². The average Bonchev–Trinajstić information content (AvgIpc) is 2.76. The van der Waals surface area contributed by atoms with Crippen LogP contribution in [0.5, 0.6) is 5.88 Å². The molecule has 4 nitrogen and oxygen atoms in total. The summed E-state index contributed by atoms with van der Waals surface area (Å²) in [5, 5.41) is 3.40. The zero-order chi connectivity index (χ0) is 12.1. The van der Waals surface area contributed by atoms with E-state index < -0.39 is 0 Å². The van der Waals surface area contributed by atoms with E-state index in [0.29, 0.717) is 18.1 Å². The number of aromatic nitrogens is 1. The minimum Gasteiger partial charge on any atom is -0.481 e. The molecular formula is C13H20N2O2. The molecule has 1 saturated heterocycles. The molecular weight excluding hydrogens is 216 g/mol. The first kappa shape index (κ1) is 12.3. The molecule has 1 aromatic rings. The van der Waals surface area contributed by atoms with Gasteiger partial charge in [0.05, 0.1) is 19.3 Å². The van der Waals surface area contributed by atoms with Gasteiger partial charge in [0.2, 0.25) is 5.88 Å². The SMILES string of the molecule is COc1ccc(CNCC2CCC(C)O2)cn1. The molecule has 1 fully saturated rings. The lowest BCUT2D eigenvalue weighted by Crippen LogP contribution is -2.26. The maximum Gasteiger partial charge on any atom is 0.212 e. The number of ether oxygens (including phenoxy) is 2. The maximum absolute atomic E-state index is 5.74. The van der Waals surface area contributed by atoms with E-state index in [2.05, 4.69) is 17.2 Å². The number of nitrogens with zero attached hydrogens (tertiary/aromatic N) is 1. The zero-order valence-corrected chi connectivity index (χ0v) is 10.5. The van der Waals surface area contributed by atoms with Gasteiger partial charge in [-0.05, 0) is 25.3 Å². The van der Waals surface area contributed by atoms with Crippen molar-refractivity contribution in [1.82, 2.24) is 10.3 Å². The monoisotopic (exact) mass is 236 g/mol. The Bertz CT molecular complexity index is 340. The van der Waals surface area contributed by atoms with Gasteiger partial charge >= 0.3 is 0 Å². The normalized spacial score (nSPS) is 23.9. The van der Waals surface area contributed by atoms with Crippen LogP contribution in [0.3, 0.4) is 0 Å². The van der Waals surface area contributed by atoms with Crippen LogP contribution in [-0.2, 0) is 11.3 Å². The summed E-state index contributed by atoms with van der Waals surface area (Å²) < 4.78 is 10.8. The van der Waals surface area contributed by atoms with Crippen molar-refractivity contribution >= 4 is 0 Å². The summed E-state index contributed by atoms with van der Waals surface area (Å²) in [4.78, 5) is 4.17. The summed E-state index contributed by atoms with van der Waals surface area (Å²) in [6.07, 6.45) is 4.97. The molecule has 94 valence electrons. The van der Waals surface area contributed by atoms with E-state index in [-0.39, 0.29) is 0 Å². The molecule has 1 aliphatic rings. The molecule has 0 bridgehead atoms. The molecule has 2 unspecified atom stereocenters. The van der Waals surface area contributed by atoms with Crippen LogP contribution in [0.2, 0.25) is 0 Å². The Kier molecular flexibility index (Phi) is 4.34. The highest BCUT2D eigenvalue weighted by Crippen LogP contribution is 2.18. The molecule has 0 radical (unpaired) electrons. The Morgan fingerprint density at radius 2 is 2.35 bits per heavy atom. The minimum absolute atomic E-state index is 0.371. The van der Waals surface area contributed by atoms with Crippen LogP contribution in [0.25, 0.3) is 0 Å². The van der Waals surface area contributed by atoms with Crippen molar-refractivity contribution in [1.29, 1.82) is 0 Å². The zero-order valence-electron chi connectivity index (χ0n) is 10.5. The van der Waals surface area contributed by atoms with Crippen molar-refractivity contribution in [3.05, 3.63) is 23.9 Å². The first-order valence-corrected chi connectivity index (χ1v) is 6.13. The minimum atomic E-state index is 0.371. The molecule has 0 saturated carbocycles. The summed E-state index contributed by atoms with van der Waals surface area (Å²) in [7, 11) is 1.62. The molecule has 0 spiro atoms. The van der Waals surface area contributed by atoms with Gasteiger partial charge < -0.3 is 14.8 Å². The van der Waals surface area contributed by atoms with E-state index in [1.807, 2.05) is 18.3 Å². The van der Waals surface area contributed by atoms with Gasteiger partial charge in [-0.25, -0.2) is 4.98 Å². The lowest BCUT2D eigenvalue weighted by Gasteiger charge is -2.12. The summed E-state index contributed by atoms with van der Waals surface area (Å²) in [5.41, 5.74) is 1.16. The Morgan fingerprint density at radius 1 is 1.47 bits per heavy atom. The Balaban J connectivity index is 1.70. The van der Waals surface area contributed by atoms with Crippen LogP contribution in [-0.4, -0.2) is 30.8 Å². The van der Waals surface area contributed by atoms with E-state index in [9.17, 15) is 0 Å². The van der Waals surface area contributed by atoms with Gasteiger partial charge in [-0.3, -0.25) is 0 Å². The molecule has 2 atom stereocenters. The summed E-state index contributed by atoms with van der Waals surface area (Å²) in [6.45, 7) is 3.87. The fourth-order valence-corrected chi connectivity index (χ4v) is 2.05. The van der Waals surface area contributed by atoms with Crippen LogP contribution < -0.4 is 10.1 Å². The van der Waals surface area contributed by atoms with E-state index in [4.69, 9.17) is 9.47 Å². The quantitative estimate of drug-likeness (QED) is 0.846. The molecule has 4 heteroatoms. The van der Waals surface area contributed by atoms with Gasteiger partial charge in [-0.2, -0.15) is 0 Å². The summed E-state index contributed by atoms with van der Waals surface area (Å²) >= 11 is 0. The third-order valence-electron chi connectivity index (χ3n) is 3.03. The first-order valence-electron chi connectivity index (χ1n) is 6.13. The third kappa shape index (κ3) is 3.68. The highest BCUT2D eigenvalue weighted by atomic mass is 16.5. The lowest BCUT2D eigenvalue weighted by atomic mass is 10.2. The summed E-state index contributed by atoms with van der Waals surface area (Å²) in [6, 6.07) is 3.90. The van der Waals surface area contributed by atoms with E-state index in [1.165, 1.54) is 6.42 Å². The van der Waals surface area contributed by atoms with Crippen molar-refractivity contribution < 1.29 is 9.47 Å². The maximum atomic E-state index is 5.74. The molecule has 2 rings (SSSR count). The predicted octanol–water partition coefficient (Wildman–Crippen LogP) is 1.75. The van der Waals surface area contributed by atoms with Gasteiger partial charge in [0.1, 0.15) is 0 Å². The highest BCUT2D eigenvalue weighted by Gasteiger charge is 2.20. The Labute approximate surface area is 102 Å². The van der Waals surface area contributed by atoms with E-state index >= 15 is 0 Å². The number of methoxy groups -OCH3 is 1. The van der Waals surface area contributed by atoms with Crippen LogP contribution >= 0.6 is 0 Å². The fourth-order valence-electron chi connectivity index (χ4n) is 2.05. The fraction of sp³-hybridized carbons (Fsp3) is 0.615. The molecule has 1 aliphatic heterocycles. The third-order valence-corrected chi connectivity index (χ3v) is 3.03. The van der Waals surface area contributed by atoms with Crippen LogP contribution in [0.4, 0.5) is 0 Å². The smallest absolute Gasteiger partial charge is 0.212 e. The second-order valence-electron chi connectivity index (χ2n) is 4.49. The number of nitrogens with one attached hydrogen (secondary N) is 1. The van der Waals surface area contributed by atoms with Gasteiger partial charge in [-0.1, -0.05) is 6.07 Å². The molecule has 0 amide bonds. The van der Waals surface area contributed by atoms with Crippen molar-refractivity contribution in [2.75, 3.05) is 13.7 Å². The van der Waals surface area contributed by atoms with Crippen molar-refractivity contribution in [3.8, 4) is 5.88 Å². The van der Waals surface area contributed by atoms with Gasteiger partial charge in [-0.15, -0.1) is 0 Å². The average molecular weight is 236 g/mol. The van der Waals surface area contributed by atoms with Gasteiger partial charge in [0.25, 0.3) is 0 Å². The van der Waals surface area contributed by atoms with Crippen LogP contribution in [0.15, 0.2) is 18.3 Å². The number of rotatable bonds is 5. The van der Waals surface area contributed by atoms with Crippen molar-refractivity contribution in [3.63, 3.8) is 0 Å². The molecule has 2 heterocycles. The molecule has 17 heavy (non-hydrogen) atoms. The number of pyridine rings is 1. The first-order chi connectivity index (χ1) is 8.28. The second kappa shape index (κ2) is 5.98. The standard InChI is InChI=1S/C13H20N2O2/c1-10-3-5-12(17-10)9-14-7-11-4-6-13(16-2)15-8-11/h4,6,8,10,12,14H,3,5,7,9H2,1-2H3. The lowest BCUT2D eigenvalue weighted by molar-refractivity contribution is 0.0559. The van der Waals surface area contributed by atoms with Crippen molar-refractivity contribution in [2.45, 2.75) is 38.5 Å². The van der Waals surface area contributed by atoms with Gasteiger partial charge in [0, 0.05) is 25.4 Å². The molecule has 0 aliphatic carbocycles. The molecule has 0 aromatic carbocycles. The van der Waals surface area contributed by atoms with Crippen molar-refractivity contribution in [2.24, 2.45) is 0 Å². The predicted molar refractivity (Wildman–Crippen MR) is 66.1 cm³/mol. The Morgan fingerprint density at radius 3 is 2.94 bits per heavy atom.